The predicted octanol–water partition coefficient (Wildman–Crippen LogP) is 0.524. The minimum atomic E-state index is -0.279. The molecule has 16 heavy (non-hydrogen) atoms. The van der Waals surface area contributed by atoms with E-state index in [1.165, 1.54) is 0 Å². The number of hydrogen-bond acceptors (Lipinski definition) is 4. The lowest BCUT2D eigenvalue weighted by Gasteiger charge is -2.29. The first-order valence-corrected chi connectivity index (χ1v) is 5.47. The van der Waals surface area contributed by atoms with Gasteiger partial charge in [-0.3, -0.25) is 9.78 Å². The molecular formula is C12H16N2O2. The third-order valence-electron chi connectivity index (χ3n) is 2.73. The average molecular weight is 220 g/mol. The molecule has 0 spiro atoms. The third kappa shape index (κ3) is 2.87. The van der Waals surface area contributed by atoms with Crippen LogP contribution in [0.1, 0.15) is 5.56 Å². The van der Waals surface area contributed by atoms with Gasteiger partial charge in [0.1, 0.15) is 6.10 Å². The zero-order chi connectivity index (χ0) is 11.4. The van der Waals surface area contributed by atoms with Crippen LogP contribution in [0, 0.1) is 0 Å². The van der Waals surface area contributed by atoms with Crippen LogP contribution in [0.25, 0.3) is 0 Å². The highest BCUT2D eigenvalue weighted by atomic mass is 16.5. The van der Waals surface area contributed by atoms with Crippen LogP contribution in [-0.4, -0.2) is 48.5 Å². The van der Waals surface area contributed by atoms with Crippen LogP contribution < -0.4 is 0 Å². The van der Waals surface area contributed by atoms with Crippen LogP contribution in [0.3, 0.4) is 0 Å². The topological polar surface area (TPSA) is 42.4 Å². The Kier molecular flexibility index (Phi) is 3.64. The van der Waals surface area contributed by atoms with Gasteiger partial charge in [0.2, 0.25) is 0 Å². The van der Waals surface area contributed by atoms with E-state index in [2.05, 4.69) is 9.88 Å². The van der Waals surface area contributed by atoms with Gasteiger partial charge in [0.15, 0.2) is 5.78 Å². The Bertz CT molecular complexity index is 353. The fourth-order valence-corrected chi connectivity index (χ4v) is 1.79. The first-order valence-electron chi connectivity index (χ1n) is 5.47. The molecule has 1 aliphatic rings. The molecule has 1 aliphatic heterocycles. The summed E-state index contributed by atoms with van der Waals surface area (Å²) in [5.74, 6) is 0.138. The molecule has 1 unspecified atom stereocenters. The highest BCUT2D eigenvalue weighted by Crippen LogP contribution is 2.08. The number of nitrogens with zero attached hydrogens (tertiary/aromatic N) is 2. The summed E-state index contributed by atoms with van der Waals surface area (Å²) in [6.45, 7) is 2.23. The first kappa shape index (κ1) is 11.2. The van der Waals surface area contributed by atoms with Crippen LogP contribution in [0.2, 0.25) is 0 Å². The zero-order valence-corrected chi connectivity index (χ0v) is 9.43. The number of ether oxygens (including phenoxy) is 1. The summed E-state index contributed by atoms with van der Waals surface area (Å²) in [6, 6.07) is 3.76. The third-order valence-corrected chi connectivity index (χ3v) is 2.73. The van der Waals surface area contributed by atoms with Crippen molar-refractivity contribution in [3.05, 3.63) is 30.1 Å². The van der Waals surface area contributed by atoms with Crippen molar-refractivity contribution in [2.75, 3.05) is 26.7 Å². The molecule has 0 radical (unpaired) electrons. The number of rotatable bonds is 3. The summed E-state index contributed by atoms with van der Waals surface area (Å²) in [5, 5.41) is 0. The van der Waals surface area contributed by atoms with Gasteiger partial charge in [-0.2, -0.15) is 0 Å². The van der Waals surface area contributed by atoms with Gasteiger partial charge in [-0.15, -0.1) is 0 Å². The smallest absolute Gasteiger partial charge is 0.167 e. The second-order valence-electron chi connectivity index (χ2n) is 4.13. The Morgan fingerprint density at radius 1 is 1.69 bits per heavy atom. The molecule has 0 bridgehead atoms. The molecule has 0 saturated carbocycles. The van der Waals surface area contributed by atoms with Crippen molar-refractivity contribution in [1.29, 1.82) is 0 Å². The molecule has 0 N–H and O–H groups in total. The summed E-state index contributed by atoms with van der Waals surface area (Å²) in [6.07, 6.45) is 3.56. The number of ketones is 1. The molecule has 0 aromatic carbocycles. The Balaban J connectivity index is 1.93. The van der Waals surface area contributed by atoms with E-state index in [-0.39, 0.29) is 11.9 Å². The summed E-state index contributed by atoms with van der Waals surface area (Å²) in [7, 11) is 2.01. The van der Waals surface area contributed by atoms with Gasteiger partial charge < -0.3 is 9.64 Å². The Morgan fingerprint density at radius 3 is 3.25 bits per heavy atom. The Labute approximate surface area is 95.2 Å². The predicted molar refractivity (Wildman–Crippen MR) is 60.2 cm³/mol. The Hall–Kier alpha value is -1.26. The van der Waals surface area contributed by atoms with E-state index >= 15 is 0 Å². The van der Waals surface area contributed by atoms with E-state index in [0.29, 0.717) is 19.6 Å². The van der Waals surface area contributed by atoms with Crippen LogP contribution in [-0.2, 0) is 16.0 Å². The SMILES string of the molecule is CN1CCOC(C(=O)Cc2cccnc2)C1. The van der Waals surface area contributed by atoms with Gasteiger partial charge >= 0.3 is 0 Å². The lowest BCUT2D eigenvalue weighted by molar-refractivity contribution is -0.134. The van der Waals surface area contributed by atoms with E-state index in [9.17, 15) is 4.79 Å². The minimum Gasteiger partial charge on any atom is -0.368 e. The first-order chi connectivity index (χ1) is 7.75. The molecule has 1 aromatic heterocycles. The maximum Gasteiger partial charge on any atom is 0.167 e. The van der Waals surface area contributed by atoms with Crippen molar-refractivity contribution >= 4 is 5.78 Å². The van der Waals surface area contributed by atoms with Crippen LogP contribution in [0.5, 0.6) is 0 Å². The van der Waals surface area contributed by atoms with Gasteiger partial charge in [-0.05, 0) is 18.7 Å². The van der Waals surface area contributed by atoms with Crippen molar-refractivity contribution in [3.8, 4) is 0 Å². The maximum atomic E-state index is 11.9. The number of likely N-dealkylation sites (N-methyl/N-ethyl adjacent to an activating group) is 1. The average Bonchev–Trinajstić information content (AvgIpc) is 2.30. The monoisotopic (exact) mass is 220 g/mol. The molecule has 2 heterocycles. The number of pyridine rings is 1. The molecule has 4 heteroatoms. The fourth-order valence-electron chi connectivity index (χ4n) is 1.79. The molecule has 86 valence electrons. The molecule has 4 nitrogen and oxygen atoms in total. The van der Waals surface area contributed by atoms with E-state index < -0.39 is 0 Å². The van der Waals surface area contributed by atoms with Gasteiger partial charge in [0, 0.05) is 31.9 Å². The number of carbonyl (C=O) groups excluding carboxylic acids is 1. The molecule has 1 fully saturated rings. The van der Waals surface area contributed by atoms with E-state index in [0.717, 1.165) is 12.1 Å². The van der Waals surface area contributed by atoms with Gasteiger partial charge in [0.25, 0.3) is 0 Å². The summed E-state index contributed by atoms with van der Waals surface area (Å²) >= 11 is 0. The highest BCUT2D eigenvalue weighted by Gasteiger charge is 2.24. The highest BCUT2D eigenvalue weighted by molar-refractivity contribution is 5.85. The van der Waals surface area contributed by atoms with Crippen molar-refractivity contribution in [3.63, 3.8) is 0 Å². The molecular weight excluding hydrogens is 204 g/mol. The molecule has 1 aromatic rings. The van der Waals surface area contributed by atoms with Crippen molar-refractivity contribution in [2.24, 2.45) is 0 Å². The zero-order valence-electron chi connectivity index (χ0n) is 9.43. The number of morpholine rings is 1. The maximum absolute atomic E-state index is 11.9. The lowest BCUT2D eigenvalue weighted by Crippen LogP contribution is -2.44. The van der Waals surface area contributed by atoms with E-state index in [1.807, 2.05) is 19.2 Å². The number of Topliss-reactive ketones (excluding diaryl/α,β-unsaturated/α-hetero) is 1. The second kappa shape index (κ2) is 5.18. The Morgan fingerprint density at radius 2 is 2.56 bits per heavy atom. The van der Waals surface area contributed by atoms with Crippen LogP contribution >= 0.6 is 0 Å². The molecule has 0 amide bonds. The van der Waals surface area contributed by atoms with Crippen molar-refractivity contribution in [2.45, 2.75) is 12.5 Å². The van der Waals surface area contributed by atoms with Crippen LogP contribution in [0.4, 0.5) is 0 Å². The summed E-state index contributed by atoms with van der Waals surface area (Å²) < 4.78 is 5.47. The fraction of sp³-hybridized carbons (Fsp3) is 0.500. The summed E-state index contributed by atoms with van der Waals surface area (Å²) in [4.78, 5) is 18.0. The number of hydrogen-bond donors (Lipinski definition) is 0. The normalized spacial score (nSPS) is 21.9. The largest absolute Gasteiger partial charge is 0.368 e. The molecule has 1 saturated heterocycles. The number of carbonyl (C=O) groups is 1. The van der Waals surface area contributed by atoms with E-state index in [1.54, 1.807) is 12.4 Å². The summed E-state index contributed by atoms with van der Waals surface area (Å²) in [5.41, 5.74) is 0.948. The lowest BCUT2D eigenvalue weighted by atomic mass is 10.1. The minimum absolute atomic E-state index is 0.138. The van der Waals surface area contributed by atoms with Crippen molar-refractivity contribution in [1.82, 2.24) is 9.88 Å². The second-order valence-corrected chi connectivity index (χ2v) is 4.13. The van der Waals surface area contributed by atoms with E-state index in [4.69, 9.17) is 4.74 Å². The van der Waals surface area contributed by atoms with Gasteiger partial charge in [0.05, 0.1) is 6.61 Å². The standard InChI is InChI=1S/C12H16N2O2/c1-14-5-6-16-12(9-14)11(15)7-10-3-2-4-13-8-10/h2-4,8,12H,5-7,9H2,1H3. The quantitative estimate of drug-likeness (QED) is 0.745. The molecule has 2 rings (SSSR count). The van der Waals surface area contributed by atoms with Gasteiger partial charge in [-0.25, -0.2) is 0 Å². The molecule has 1 atom stereocenters. The van der Waals surface area contributed by atoms with Crippen molar-refractivity contribution < 1.29 is 9.53 Å². The van der Waals surface area contributed by atoms with Crippen LogP contribution in [0.15, 0.2) is 24.5 Å². The van der Waals surface area contributed by atoms with Gasteiger partial charge in [-0.1, -0.05) is 6.07 Å². The molecule has 0 aliphatic carbocycles. The number of aromatic nitrogens is 1.